The highest BCUT2D eigenvalue weighted by atomic mass is 16.3. The Kier molecular flexibility index (Phi) is 46.1. The van der Waals surface area contributed by atoms with E-state index in [1.165, 1.54) is 199 Å². The highest BCUT2D eigenvalue weighted by molar-refractivity contribution is 5.76. The largest absolute Gasteiger partial charge is 0.394 e. The second-order valence-electron chi connectivity index (χ2n) is 17.4. The third-order valence-corrected chi connectivity index (χ3v) is 11.7. The summed E-state index contributed by atoms with van der Waals surface area (Å²) in [6, 6.07) is -0.766. The molecule has 5 nitrogen and oxygen atoms in total. The first-order valence-corrected chi connectivity index (χ1v) is 25.3. The Morgan fingerprint density at radius 1 is 0.439 bits per heavy atom. The zero-order chi connectivity index (χ0) is 41.5. The van der Waals surface area contributed by atoms with Gasteiger partial charge in [-0.2, -0.15) is 0 Å². The molecule has 0 fully saturated rings. The molecule has 0 saturated carbocycles. The molecule has 0 aromatic rings. The molecule has 1 amide bonds. The van der Waals surface area contributed by atoms with E-state index in [0.29, 0.717) is 6.42 Å². The van der Waals surface area contributed by atoms with Gasteiger partial charge in [0.25, 0.3) is 0 Å². The SMILES string of the molecule is CCCCCCCCCC/C=C/CC/C=C/CC/C=C/C(O)C(CO)NC(=O)CC(O)CCCCCCCCCCCCCCCCCCCCCCCCCC. The zero-order valence-electron chi connectivity index (χ0n) is 38.2. The average Bonchev–Trinajstić information content (AvgIpc) is 3.20. The zero-order valence-corrected chi connectivity index (χ0v) is 38.2. The van der Waals surface area contributed by atoms with Crippen LogP contribution < -0.4 is 5.32 Å². The lowest BCUT2D eigenvalue weighted by atomic mass is 10.0. The number of hydrogen-bond donors (Lipinski definition) is 4. The minimum atomic E-state index is -0.958. The van der Waals surface area contributed by atoms with Gasteiger partial charge in [-0.1, -0.05) is 249 Å². The van der Waals surface area contributed by atoms with Crippen molar-refractivity contribution in [2.75, 3.05) is 6.61 Å². The highest BCUT2D eigenvalue weighted by Gasteiger charge is 2.20. The van der Waals surface area contributed by atoms with E-state index in [1.807, 2.05) is 6.08 Å². The summed E-state index contributed by atoms with van der Waals surface area (Å²) in [6.45, 7) is 4.21. The fourth-order valence-corrected chi connectivity index (χ4v) is 7.79. The van der Waals surface area contributed by atoms with Crippen molar-refractivity contribution in [2.24, 2.45) is 0 Å². The molecule has 0 aromatic carbocycles. The minimum Gasteiger partial charge on any atom is -0.394 e. The Labute approximate surface area is 355 Å². The summed E-state index contributed by atoms with van der Waals surface area (Å²) in [4.78, 5) is 12.5. The molecule has 0 aromatic heterocycles. The number of nitrogens with one attached hydrogen (secondary N) is 1. The van der Waals surface area contributed by atoms with Gasteiger partial charge in [-0.25, -0.2) is 0 Å². The molecule has 5 heteroatoms. The van der Waals surface area contributed by atoms with E-state index < -0.39 is 18.2 Å². The van der Waals surface area contributed by atoms with Crippen molar-refractivity contribution < 1.29 is 20.1 Å². The van der Waals surface area contributed by atoms with E-state index in [9.17, 15) is 20.1 Å². The molecular formula is C52H99NO4. The van der Waals surface area contributed by atoms with Crippen molar-refractivity contribution in [2.45, 2.75) is 283 Å². The second-order valence-corrected chi connectivity index (χ2v) is 17.4. The Bertz CT molecular complexity index is 885. The van der Waals surface area contributed by atoms with Crippen LogP contribution in [0.1, 0.15) is 264 Å². The normalized spacial score (nSPS) is 13.7. The summed E-state index contributed by atoms with van der Waals surface area (Å²) in [6.07, 6.45) is 60.3. The van der Waals surface area contributed by atoms with Gasteiger partial charge in [-0.05, 0) is 44.9 Å². The molecular weight excluding hydrogens is 703 g/mol. The summed E-state index contributed by atoms with van der Waals surface area (Å²) < 4.78 is 0. The maximum Gasteiger partial charge on any atom is 0.222 e. The molecule has 0 heterocycles. The Morgan fingerprint density at radius 3 is 1.12 bits per heavy atom. The van der Waals surface area contributed by atoms with Crippen LogP contribution in [0.25, 0.3) is 0 Å². The van der Waals surface area contributed by atoms with Gasteiger partial charge in [0.05, 0.1) is 31.3 Å². The maximum atomic E-state index is 12.5. The number of aliphatic hydroxyl groups excluding tert-OH is 3. The van der Waals surface area contributed by atoms with Gasteiger partial charge in [0, 0.05) is 0 Å². The van der Waals surface area contributed by atoms with Crippen molar-refractivity contribution in [3.8, 4) is 0 Å². The van der Waals surface area contributed by atoms with Crippen LogP contribution in [-0.2, 0) is 4.79 Å². The molecule has 0 spiro atoms. The topological polar surface area (TPSA) is 89.8 Å². The van der Waals surface area contributed by atoms with Crippen molar-refractivity contribution >= 4 is 5.91 Å². The molecule has 0 bridgehead atoms. The number of amides is 1. The number of carbonyl (C=O) groups excluding carboxylic acids is 1. The Morgan fingerprint density at radius 2 is 0.754 bits per heavy atom. The van der Waals surface area contributed by atoms with Crippen molar-refractivity contribution in [1.82, 2.24) is 5.32 Å². The first kappa shape index (κ1) is 55.6. The molecule has 3 atom stereocenters. The highest BCUT2D eigenvalue weighted by Crippen LogP contribution is 2.17. The van der Waals surface area contributed by atoms with Crippen LogP contribution in [0.5, 0.6) is 0 Å². The minimum absolute atomic E-state index is 0.00542. The summed E-state index contributed by atoms with van der Waals surface area (Å²) in [7, 11) is 0. The van der Waals surface area contributed by atoms with Gasteiger partial charge in [0.1, 0.15) is 0 Å². The number of rotatable bonds is 46. The van der Waals surface area contributed by atoms with Gasteiger partial charge in [0.15, 0.2) is 0 Å². The molecule has 57 heavy (non-hydrogen) atoms. The van der Waals surface area contributed by atoms with Crippen LogP contribution in [0.15, 0.2) is 36.5 Å². The van der Waals surface area contributed by atoms with E-state index in [-0.39, 0.29) is 18.9 Å². The summed E-state index contributed by atoms with van der Waals surface area (Å²) in [5.41, 5.74) is 0. The monoisotopic (exact) mass is 802 g/mol. The first-order chi connectivity index (χ1) is 28.0. The van der Waals surface area contributed by atoms with Crippen LogP contribution >= 0.6 is 0 Å². The van der Waals surface area contributed by atoms with Crippen LogP contribution in [0.4, 0.5) is 0 Å². The van der Waals surface area contributed by atoms with Gasteiger partial charge in [-0.3, -0.25) is 4.79 Å². The number of allylic oxidation sites excluding steroid dienone is 5. The van der Waals surface area contributed by atoms with Crippen molar-refractivity contribution in [1.29, 1.82) is 0 Å². The predicted molar refractivity (Wildman–Crippen MR) is 250 cm³/mol. The quantitative estimate of drug-likeness (QED) is 0.0365. The van der Waals surface area contributed by atoms with Gasteiger partial charge < -0.3 is 20.6 Å². The molecule has 4 N–H and O–H groups in total. The fourth-order valence-electron chi connectivity index (χ4n) is 7.79. The maximum absolute atomic E-state index is 12.5. The second kappa shape index (κ2) is 47.3. The molecule has 0 aliphatic heterocycles. The smallest absolute Gasteiger partial charge is 0.222 e. The lowest BCUT2D eigenvalue weighted by Crippen LogP contribution is -2.45. The van der Waals surface area contributed by atoms with Crippen LogP contribution in [0.2, 0.25) is 0 Å². The summed E-state index contributed by atoms with van der Waals surface area (Å²) in [5, 5.41) is 33.3. The Hall–Kier alpha value is -1.43. The number of carbonyl (C=O) groups is 1. The molecule has 0 aliphatic carbocycles. The standard InChI is InChI=1S/C52H99NO4/c1-3-5-7-9-11-13-15-17-19-21-23-24-25-26-27-28-29-31-33-35-37-39-41-43-45-49(55)47-52(57)53-50(48-54)51(56)46-44-42-40-38-36-34-32-30-22-20-18-16-14-12-10-8-6-4-2/h22,30,36,38,44,46,49-51,54-56H,3-21,23-29,31-35,37,39-43,45,47-48H2,1-2H3,(H,53,57)/b30-22+,38-36+,46-44+. The number of hydrogen-bond acceptors (Lipinski definition) is 4. The van der Waals surface area contributed by atoms with E-state index >= 15 is 0 Å². The predicted octanol–water partition coefficient (Wildman–Crippen LogP) is 15.1. The van der Waals surface area contributed by atoms with Gasteiger partial charge in [0.2, 0.25) is 5.91 Å². The first-order valence-electron chi connectivity index (χ1n) is 25.3. The van der Waals surface area contributed by atoms with E-state index in [1.54, 1.807) is 6.08 Å². The average molecular weight is 802 g/mol. The van der Waals surface area contributed by atoms with E-state index in [0.717, 1.165) is 38.5 Å². The summed E-state index contributed by atoms with van der Waals surface area (Å²) >= 11 is 0. The molecule has 336 valence electrons. The fraction of sp³-hybridized carbons (Fsp3) is 0.865. The molecule has 0 aliphatic rings. The summed E-state index contributed by atoms with van der Waals surface area (Å²) in [5.74, 6) is -0.326. The van der Waals surface area contributed by atoms with Crippen molar-refractivity contribution in [3.63, 3.8) is 0 Å². The lowest BCUT2D eigenvalue weighted by Gasteiger charge is -2.21. The number of unbranched alkanes of at least 4 members (excludes halogenated alkanes) is 33. The van der Waals surface area contributed by atoms with Crippen LogP contribution in [0, 0.1) is 0 Å². The molecule has 3 unspecified atom stereocenters. The van der Waals surface area contributed by atoms with E-state index in [4.69, 9.17) is 0 Å². The lowest BCUT2D eigenvalue weighted by molar-refractivity contribution is -0.124. The van der Waals surface area contributed by atoms with E-state index in [2.05, 4.69) is 43.5 Å². The number of aliphatic hydroxyl groups is 3. The van der Waals surface area contributed by atoms with Crippen molar-refractivity contribution in [3.05, 3.63) is 36.5 Å². The van der Waals surface area contributed by atoms with Crippen LogP contribution in [0.3, 0.4) is 0 Å². The van der Waals surface area contributed by atoms with Crippen LogP contribution in [-0.4, -0.2) is 46.1 Å². The molecule has 0 radical (unpaired) electrons. The third kappa shape index (κ3) is 44.0. The van der Waals surface area contributed by atoms with Gasteiger partial charge in [-0.15, -0.1) is 0 Å². The molecule has 0 rings (SSSR count). The van der Waals surface area contributed by atoms with Gasteiger partial charge >= 0.3 is 0 Å². The third-order valence-electron chi connectivity index (χ3n) is 11.7. The molecule has 0 saturated heterocycles. The Balaban J connectivity index is 3.63.